The average Bonchev–Trinajstić information content (AvgIpc) is 3.73. The second kappa shape index (κ2) is 10.5. The molecule has 3 aromatic rings. The van der Waals surface area contributed by atoms with Gasteiger partial charge in [0, 0.05) is 22.3 Å². The molecule has 1 aliphatic rings. The van der Waals surface area contributed by atoms with Gasteiger partial charge in [0.05, 0.1) is 39.3 Å². The summed E-state index contributed by atoms with van der Waals surface area (Å²) in [6.07, 6.45) is 0. The fourth-order valence-corrected chi connectivity index (χ4v) is 4.33. The van der Waals surface area contributed by atoms with E-state index >= 15 is 4.39 Å². The lowest BCUT2D eigenvalue weighted by Gasteiger charge is -2.11. The van der Waals surface area contributed by atoms with Gasteiger partial charge in [-0.15, -0.1) is 0 Å². The van der Waals surface area contributed by atoms with Gasteiger partial charge >= 0.3 is 0 Å². The van der Waals surface area contributed by atoms with Gasteiger partial charge in [0.1, 0.15) is 29.2 Å². The Balaban J connectivity index is 2.27. The fraction of sp³-hybridized carbons (Fsp3) is 0.0370. The van der Waals surface area contributed by atoms with Gasteiger partial charge in [0.2, 0.25) is 0 Å². The molecule has 0 saturated heterocycles. The number of nitrogen functional groups attached to an aromatic ring is 2. The highest BCUT2D eigenvalue weighted by Gasteiger charge is 2.44. The van der Waals surface area contributed by atoms with Crippen molar-refractivity contribution in [1.82, 2.24) is 0 Å². The highest BCUT2D eigenvalue weighted by Crippen LogP contribution is 2.55. The number of anilines is 2. The number of rotatable bonds is 3. The lowest BCUT2D eigenvalue weighted by molar-refractivity contribution is 0.446. The van der Waals surface area contributed by atoms with Crippen molar-refractivity contribution in [3.05, 3.63) is 109 Å². The summed E-state index contributed by atoms with van der Waals surface area (Å²) in [7, 11) is 0. The van der Waals surface area contributed by atoms with Gasteiger partial charge in [-0.25, -0.2) is 48.3 Å². The number of nitrogens with zero attached hydrogens (tertiary/aromatic N) is 2. The third kappa shape index (κ3) is 4.16. The van der Waals surface area contributed by atoms with Crippen LogP contribution in [-0.2, 0) is 0 Å². The molecule has 1 saturated carbocycles. The van der Waals surface area contributed by atoms with Gasteiger partial charge in [-0.2, -0.15) is 10.5 Å². The fourth-order valence-electron chi connectivity index (χ4n) is 4.33. The van der Waals surface area contributed by atoms with E-state index in [4.69, 9.17) is 28.2 Å². The summed E-state index contributed by atoms with van der Waals surface area (Å²) in [5.74, 6) is -23.8. The first-order valence-corrected chi connectivity index (χ1v) is 11.4. The molecule has 0 unspecified atom stereocenters. The van der Waals surface area contributed by atoms with Crippen molar-refractivity contribution in [1.29, 1.82) is 10.5 Å². The third-order valence-corrected chi connectivity index (χ3v) is 6.65. The SMILES string of the molecule is Cc1c(N)c(F)c(F)c(C(C#N)=C2C(=C(N)c3c(F)c(F)c(N)c(F)c3F)C2=C(N)c2c(F)c(F)c(C#N)c(F)c2F)c1F. The van der Waals surface area contributed by atoms with Crippen molar-refractivity contribution in [3.63, 3.8) is 0 Å². The van der Waals surface area contributed by atoms with E-state index in [1.54, 1.807) is 0 Å². The molecule has 17 heteroatoms. The highest BCUT2D eigenvalue weighted by molar-refractivity contribution is 6.08. The highest BCUT2D eigenvalue weighted by atomic mass is 19.2. The van der Waals surface area contributed by atoms with Gasteiger partial charge < -0.3 is 22.9 Å². The minimum atomic E-state index is -2.32. The van der Waals surface area contributed by atoms with E-state index in [2.05, 4.69) is 0 Å². The van der Waals surface area contributed by atoms with Crippen LogP contribution in [0, 0.1) is 93.6 Å². The largest absolute Gasteiger partial charge is 0.398 e. The van der Waals surface area contributed by atoms with E-state index < -0.39 is 137 Å². The monoisotopic (exact) mass is 628 g/mol. The number of benzene rings is 3. The molecule has 6 nitrogen and oxygen atoms in total. The van der Waals surface area contributed by atoms with Crippen molar-refractivity contribution in [2.24, 2.45) is 11.5 Å². The van der Waals surface area contributed by atoms with Gasteiger partial charge in [-0.3, -0.25) is 0 Å². The number of hydrogen-bond acceptors (Lipinski definition) is 6. The Morgan fingerprint density at radius 2 is 0.864 bits per heavy atom. The molecule has 0 aliphatic heterocycles. The summed E-state index contributed by atoms with van der Waals surface area (Å²) in [6, 6.07) is 2.07. The van der Waals surface area contributed by atoms with Gasteiger partial charge in [0.25, 0.3) is 0 Å². The van der Waals surface area contributed by atoms with Crippen LogP contribution in [0.4, 0.5) is 59.7 Å². The zero-order chi connectivity index (χ0) is 33.3. The van der Waals surface area contributed by atoms with Crippen molar-refractivity contribution < 1.29 is 48.3 Å². The maximum atomic E-state index is 15.2. The Morgan fingerprint density at radius 3 is 1.25 bits per heavy atom. The predicted molar refractivity (Wildman–Crippen MR) is 132 cm³/mol. The summed E-state index contributed by atoms with van der Waals surface area (Å²) in [5.41, 5.74) is 4.02. The van der Waals surface area contributed by atoms with Crippen LogP contribution in [0.15, 0.2) is 16.7 Å². The molecule has 0 spiro atoms. The normalized spacial score (nSPS) is 16.0. The van der Waals surface area contributed by atoms with E-state index in [0.29, 0.717) is 0 Å². The maximum Gasteiger partial charge on any atom is 0.185 e. The molecule has 0 amide bonds. The number of hydrogen-bond donors (Lipinski definition) is 4. The lowest BCUT2D eigenvalue weighted by atomic mass is 9.99. The second-order valence-corrected chi connectivity index (χ2v) is 8.96. The summed E-state index contributed by atoms with van der Waals surface area (Å²) in [5, 5.41) is 18.6. The molecular weight excluding hydrogens is 617 g/mol. The third-order valence-electron chi connectivity index (χ3n) is 6.65. The zero-order valence-corrected chi connectivity index (χ0v) is 21.4. The average molecular weight is 628 g/mol. The topological polar surface area (TPSA) is 152 Å². The summed E-state index contributed by atoms with van der Waals surface area (Å²) < 4.78 is 161. The predicted octanol–water partition coefficient (Wildman–Crippen LogP) is 5.59. The lowest BCUT2D eigenvalue weighted by Crippen LogP contribution is -2.11. The van der Waals surface area contributed by atoms with Crippen LogP contribution in [0.2, 0.25) is 0 Å². The Hall–Kier alpha value is -5.71. The number of nitrogens with two attached hydrogens (primary N) is 4. The standard InChI is InChI=1S/C27H11F11N6/c1-4-13(28)8(16(31)21(36)24(4)41)5(2-39)7-9(25(42)11-17(32)14(29)6(3-40)15(30)18(11)33)10(7)26(43)12-19(34)22(37)27(44)23(38)20(12)35/h41-44H2,1H3. The van der Waals surface area contributed by atoms with Crippen LogP contribution < -0.4 is 22.9 Å². The molecule has 1 fully saturated rings. The van der Waals surface area contributed by atoms with Crippen LogP contribution in [-0.4, -0.2) is 0 Å². The van der Waals surface area contributed by atoms with Crippen LogP contribution in [0.25, 0.3) is 17.0 Å². The molecule has 0 bridgehead atoms. The van der Waals surface area contributed by atoms with E-state index in [1.165, 1.54) is 6.07 Å². The van der Waals surface area contributed by atoms with E-state index in [1.807, 2.05) is 0 Å². The summed E-state index contributed by atoms with van der Waals surface area (Å²) in [4.78, 5) is 0. The number of nitriles is 2. The quantitative estimate of drug-likeness (QED) is 0.129. The molecule has 0 atom stereocenters. The van der Waals surface area contributed by atoms with Crippen molar-refractivity contribution >= 4 is 28.3 Å². The van der Waals surface area contributed by atoms with E-state index in [-0.39, 0.29) is 0 Å². The van der Waals surface area contributed by atoms with Gasteiger partial charge in [-0.05, 0) is 6.92 Å². The van der Waals surface area contributed by atoms with Crippen LogP contribution in [0.1, 0.15) is 27.8 Å². The Kier molecular flexibility index (Phi) is 7.47. The minimum absolute atomic E-state index is 0.766. The van der Waals surface area contributed by atoms with Crippen molar-refractivity contribution in [2.75, 3.05) is 11.5 Å². The first-order valence-electron chi connectivity index (χ1n) is 11.4. The minimum Gasteiger partial charge on any atom is -0.398 e. The molecule has 4 rings (SSSR count). The Labute approximate surface area is 238 Å². The molecule has 226 valence electrons. The first kappa shape index (κ1) is 31.2. The smallest absolute Gasteiger partial charge is 0.185 e. The molecule has 0 heterocycles. The first-order chi connectivity index (χ1) is 20.5. The molecule has 44 heavy (non-hydrogen) atoms. The van der Waals surface area contributed by atoms with Crippen LogP contribution in [0.3, 0.4) is 0 Å². The summed E-state index contributed by atoms with van der Waals surface area (Å²) >= 11 is 0. The molecule has 3 aromatic carbocycles. The van der Waals surface area contributed by atoms with Crippen LogP contribution in [0.5, 0.6) is 0 Å². The second-order valence-electron chi connectivity index (χ2n) is 8.96. The van der Waals surface area contributed by atoms with Crippen molar-refractivity contribution in [2.45, 2.75) is 6.92 Å². The molecule has 1 aliphatic carbocycles. The molecule has 0 radical (unpaired) electrons. The van der Waals surface area contributed by atoms with Crippen LogP contribution >= 0.6 is 0 Å². The molecule has 0 aromatic heterocycles. The van der Waals surface area contributed by atoms with Crippen molar-refractivity contribution in [3.8, 4) is 12.1 Å². The number of allylic oxidation sites excluding steroid dienone is 4. The molecule has 8 N–H and O–H groups in total. The Bertz CT molecular complexity index is 1960. The Morgan fingerprint density at radius 1 is 0.500 bits per heavy atom. The van der Waals surface area contributed by atoms with Gasteiger partial charge in [-0.1, -0.05) is 0 Å². The van der Waals surface area contributed by atoms with E-state index in [9.17, 15) is 49.2 Å². The maximum absolute atomic E-state index is 15.2. The molecular formula is C27H11F11N6. The summed E-state index contributed by atoms with van der Waals surface area (Å²) in [6.45, 7) is 0.844. The zero-order valence-electron chi connectivity index (χ0n) is 21.4. The van der Waals surface area contributed by atoms with E-state index in [0.717, 1.165) is 13.0 Å². The van der Waals surface area contributed by atoms with Gasteiger partial charge in [0.15, 0.2) is 58.2 Å². The number of halogens is 11.